The van der Waals surface area contributed by atoms with Gasteiger partial charge in [-0.1, -0.05) is 6.07 Å². The molecule has 0 aliphatic carbocycles. The van der Waals surface area contributed by atoms with E-state index < -0.39 is 10.0 Å². The second-order valence-electron chi connectivity index (χ2n) is 6.16. The van der Waals surface area contributed by atoms with E-state index in [4.69, 9.17) is 0 Å². The van der Waals surface area contributed by atoms with Crippen LogP contribution in [0.2, 0.25) is 0 Å². The van der Waals surface area contributed by atoms with Gasteiger partial charge in [0, 0.05) is 37.0 Å². The Hall–Kier alpha value is -2.19. The fraction of sp³-hybridized carbons (Fsp3) is 0.333. The van der Waals surface area contributed by atoms with Crippen molar-refractivity contribution < 1.29 is 13.2 Å². The summed E-state index contributed by atoms with van der Waals surface area (Å²) in [4.78, 5) is 15.2. The molecule has 1 aromatic heterocycles. The lowest BCUT2D eigenvalue weighted by atomic mass is 10.2. The zero-order valence-electron chi connectivity index (χ0n) is 14.5. The Morgan fingerprint density at radius 3 is 2.65 bits per heavy atom. The molecule has 1 aliphatic rings. The molecule has 3 rings (SSSR count). The van der Waals surface area contributed by atoms with Crippen LogP contribution in [0.4, 0.5) is 5.69 Å². The van der Waals surface area contributed by atoms with Gasteiger partial charge >= 0.3 is 0 Å². The number of likely N-dealkylation sites (tertiary alicyclic amines) is 1. The van der Waals surface area contributed by atoms with E-state index in [0.29, 0.717) is 30.8 Å². The summed E-state index contributed by atoms with van der Waals surface area (Å²) in [6, 6.07) is 10.1. The van der Waals surface area contributed by atoms with Crippen LogP contribution < -0.4 is 5.32 Å². The molecule has 0 radical (unpaired) electrons. The summed E-state index contributed by atoms with van der Waals surface area (Å²) in [7, 11) is -1.88. The number of aryl methyl sites for hydroxylation is 1. The number of sulfonamides is 1. The van der Waals surface area contributed by atoms with Crippen molar-refractivity contribution in [2.45, 2.75) is 30.6 Å². The van der Waals surface area contributed by atoms with Crippen LogP contribution in [-0.2, 0) is 21.2 Å². The van der Waals surface area contributed by atoms with Crippen molar-refractivity contribution in [3.63, 3.8) is 0 Å². The molecule has 8 heteroatoms. The average Bonchev–Trinajstić information content (AvgIpc) is 3.26. The highest BCUT2D eigenvalue weighted by atomic mass is 32.2. The molecule has 1 saturated heterocycles. The normalized spacial score (nSPS) is 16.2. The van der Waals surface area contributed by atoms with E-state index in [1.807, 2.05) is 29.5 Å². The molecule has 1 aliphatic heterocycles. The number of anilines is 1. The third-order valence-corrected chi connectivity index (χ3v) is 6.43. The number of thiophene rings is 1. The van der Waals surface area contributed by atoms with Crippen molar-refractivity contribution in [1.29, 1.82) is 0 Å². The molecule has 6 nitrogen and oxygen atoms in total. The van der Waals surface area contributed by atoms with E-state index in [1.54, 1.807) is 23.5 Å². The van der Waals surface area contributed by atoms with Gasteiger partial charge in [-0.25, -0.2) is 0 Å². The largest absolute Gasteiger partial charge is 0.362 e. The molecule has 1 fully saturated rings. The minimum absolute atomic E-state index is 0.0955. The molecule has 0 atom stereocenters. The van der Waals surface area contributed by atoms with Gasteiger partial charge in [0.25, 0.3) is 10.0 Å². The summed E-state index contributed by atoms with van der Waals surface area (Å²) in [6.45, 7) is 0.824. The van der Waals surface area contributed by atoms with Crippen LogP contribution in [0, 0.1) is 0 Å². The van der Waals surface area contributed by atoms with Gasteiger partial charge < -0.3 is 10.2 Å². The van der Waals surface area contributed by atoms with Crippen LogP contribution in [0.3, 0.4) is 0 Å². The minimum Gasteiger partial charge on any atom is -0.362 e. The van der Waals surface area contributed by atoms with Crippen molar-refractivity contribution >= 4 is 38.8 Å². The standard InChI is InChI=1S/C18H21N3O3S2/c1-21-12-2-5-17(21)20-26(23,24)16-9-6-14(7-10-16)19-18(22)11-8-15-4-3-13-25-15/h3-4,6-7,9-10,13H,2,5,8,11-12H2,1H3,(H,19,22)/b20-17-. The Morgan fingerprint density at radius 2 is 2.04 bits per heavy atom. The number of hydrogen-bond acceptors (Lipinski definition) is 4. The summed E-state index contributed by atoms with van der Waals surface area (Å²) in [5.41, 5.74) is 0.575. The third kappa shape index (κ3) is 4.70. The first-order valence-electron chi connectivity index (χ1n) is 8.41. The molecule has 0 unspecified atom stereocenters. The first kappa shape index (κ1) is 18.6. The topological polar surface area (TPSA) is 78.8 Å². The summed E-state index contributed by atoms with van der Waals surface area (Å²) >= 11 is 1.63. The first-order chi connectivity index (χ1) is 12.4. The summed E-state index contributed by atoms with van der Waals surface area (Å²) in [6.07, 6.45) is 2.68. The van der Waals surface area contributed by atoms with E-state index in [2.05, 4.69) is 9.71 Å². The van der Waals surface area contributed by atoms with Gasteiger partial charge in [-0.2, -0.15) is 8.42 Å². The number of nitrogens with one attached hydrogen (secondary N) is 1. The van der Waals surface area contributed by atoms with E-state index in [0.717, 1.165) is 17.8 Å². The molecule has 0 spiro atoms. The number of rotatable bonds is 6. The fourth-order valence-electron chi connectivity index (χ4n) is 2.73. The number of nitrogens with zero attached hydrogens (tertiary/aromatic N) is 2. The van der Waals surface area contributed by atoms with Crippen molar-refractivity contribution in [2.75, 3.05) is 18.9 Å². The maximum atomic E-state index is 12.4. The Balaban J connectivity index is 1.61. The number of benzene rings is 1. The monoisotopic (exact) mass is 391 g/mol. The zero-order valence-corrected chi connectivity index (χ0v) is 16.1. The SMILES string of the molecule is CN1CCC/C1=N/S(=O)(=O)c1ccc(NC(=O)CCc2cccs2)cc1. The lowest BCUT2D eigenvalue weighted by molar-refractivity contribution is -0.116. The van der Waals surface area contributed by atoms with Crippen LogP contribution in [0.15, 0.2) is 51.1 Å². The molecular weight excluding hydrogens is 370 g/mol. The number of amides is 1. The summed E-state index contributed by atoms with van der Waals surface area (Å²) in [5.74, 6) is 0.498. The Bertz CT molecular complexity index is 888. The fourth-order valence-corrected chi connectivity index (χ4v) is 4.53. The molecule has 138 valence electrons. The molecule has 1 aromatic carbocycles. The van der Waals surface area contributed by atoms with Gasteiger partial charge in [-0.3, -0.25) is 4.79 Å². The van der Waals surface area contributed by atoms with Gasteiger partial charge in [0.2, 0.25) is 5.91 Å². The van der Waals surface area contributed by atoms with Gasteiger partial charge in [-0.15, -0.1) is 15.7 Å². The molecule has 0 saturated carbocycles. The molecular formula is C18H21N3O3S2. The summed E-state index contributed by atoms with van der Waals surface area (Å²) < 4.78 is 28.7. The van der Waals surface area contributed by atoms with Crippen LogP contribution in [-0.4, -0.2) is 38.7 Å². The lowest BCUT2D eigenvalue weighted by Crippen LogP contribution is -2.20. The van der Waals surface area contributed by atoms with Crippen LogP contribution >= 0.6 is 11.3 Å². The number of amidine groups is 1. The van der Waals surface area contributed by atoms with E-state index in [9.17, 15) is 13.2 Å². The Labute approximate surface area is 157 Å². The highest BCUT2D eigenvalue weighted by molar-refractivity contribution is 7.90. The third-order valence-electron chi connectivity index (χ3n) is 4.17. The molecule has 2 aromatic rings. The van der Waals surface area contributed by atoms with Crippen molar-refractivity contribution in [2.24, 2.45) is 4.40 Å². The molecule has 0 bridgehead atoms. The number of carbonyl (C=O) groups is 1. The average molecular weight is 392 g/mol. The molecule has 26 heavy (non-hydrogen) atoms. The first-order valence-corrected chi connectivity index (χ1v) is 10.7. The predicted molar refractivity (Wildman–Crippen MR) is 104 cm³/mol. The Morgan fingerprint density at radius 1 is 1.27 bits per heavy atom. The van der Waals surface area contributed by atoms with Crippen molar-refractivity contribution in [1.82, 2.24) is 4.90 Å². The molecule has 2 heterocycles. The number of carbonyl (C=O) groups excluding carboxylic acids is 1. The van der Waals surface area contributed by atoms with Crippen LogP contribution in [0.25, 0.3) is 0 Å². The maximum Gasteiger partial charge on any atom is 0.283 e. The molecule has 1 N–H and O–H groups in total. The number of hydrogen-bond donors (Lipinski definition) is 1. The van der Waals surface area contributed by atoms with Crippen molar-refractivity contribution in [3.05, 3.63) is 46.7 Å². The smallest absolute Gasteiger partial charge is 0.283 e. The van der Waals surface area contributed by atoms with E-state index in [1.165, 1.54) is 12.1 Å². The maximum absolute atomic E-state index is 12.4. The second-order valence-corrected chi connectivity index (χ2v) is 8.80. The van der Waals surface area contributed by atoms with Crippen LogP contribution in [0.1, 0.15) is 24.1 Å². The van der Waals surface area contributed by atoms with Crippen LogP contribution in [0.5, 0.6) is 0 Å². The van der Waals surface area contributed by atoms with Gasteiger partial charge in [0.15, 0.2) is 0 Å². The minimum atomic E-state index is -3.73. The lowest BCUT2D eigenvalue weighted by Gasteiger charge is -2.11. The zero-order chi connectivity index (χ0) is 18.6. The van der Waals surface area contributed by atoms with E-state index in [-0.39, 0.29) is 10.8 Å². The Kier molecular flexibility index (Phi) is 5.73. The van der Waals surface area contributed by atoms with Gasteiger partial charge in [0.05, 0.1) is 4.90 Å². The summed E-state index contributed by atoms with van der Waals surface area (Å²) in [5, 5.41) is 4.78. The second kappa shape index (κ2) is 8.01. The quantitative estimate of drug-likeness (QED) is 0.820. The predicted octanol–water partition coefficient (Wildman–Crippen LogP) is 3.13. The van der Waals surface area contributed by atoms with Gasteiger partial charge in [0.1, 0.15) is 5.84 Å². The highest BCUT2D eigenvalue weighted by Crippen LogP contribution is 2.19. The van der Waals surface area contributed by atoms with Crippen molar-refractivity contribution in [3.8, 4) is 0 Å². The van der Waals surface area contributed by atoms with E-state index >= 15 is 0 Å². The molecule has 1 amide bonds. The highest BCUT2D eigenvalue weighted by Gasteiger charge is 2.20. The van der Waals surface area contributed by atoms with Gasteiger partial charge in [-0.05, 0) is 48.6 Å².